The minimum Gasteiger partial charge on any atom is -0.370 e. The van der Waals surface area contributed by atoms with Crippen LogP contribution in [0.2, 0.25) is 0 Å². The van der Waals surface area contributed by atoms with Crippen molar-refractivity contribution in [3.05, 3.63) is 52.1 Å². The number of nitrogens with two attached hydrogens (primary N) is 2. The zero-order valence-electron chi connectivity index (χ0n) is 12.3. The SMILES string of the molecule is NC(N)=NCCN1CC=C(c2ccccc2)CC1.O=[N+]([O-])O. The minimum atomic E-state index is -1.50. The van der Waals surface area contributed by atoms with Crippen LogP contribution in [0.1, 0.15) is 12.0 Å². The second kappa shape index (κ2) is 9.35. The molecule has 1 heterocycles. The summed E-state index contributed by atoms with van der Waals surface area (Å²) in [5.74, 6) is 0.174. The van der Waals surface area contributed by atoms with E-state index in [0.29, 0.717) is 6.54 Å². The van der Waals surface area contributed by atoms with Crippen molar-refractivity contribution in [3.63, 3.8) is 0 Å². The molecule has 0 aromatic heterocycles. The first-order valence-corrected chi connectivity index (χ1v) is 6.84. The fraction of sp³-hybridized carbons (Fsp3) is 0.357. The topological polar surface area (TPSA) is 131 Å². The van der Waals surface area contributed by atoms with Gasteiger partial charge in [-0.05, 0) is 17.6 Å². The van der Waals surface area contributed by atoms with Crippen LogP contribution in [0, 0.1) is 10.1 Å². The molecule has 8 nitrogen and oxygen atoms in total. The Bertz CT molecular complexity index is 523. The standard InChI is InChI=1S/C14H20N4.HNO3/c15-14(16)17-8-11-18-9-6-13(7-10-18)12-4-2-1-3-5-12;2-1(3)4/h1-6H,7-11H2,(H4,15,16,17);(H,2,3,4). The molecule has 0 saturated carbocycles. The third kappa shape index (κ3) is 7.25. The van der Waals surface area contributed by atoms with Gasteiger partial charge in [0.25, 0.3) is 5.09 Å². The van der Waals surface area contributed by atoms with Gasteiger partial charge in [-0.1, -0.05) is 36.4 Å². The average Bonchev–Trinajstić information content (AvgIpc) is 2.48. The van der Waals surface area contributed by atoms with Crippen molar-refractivity contribution in [1.29, 1.82) is 0 Å². The van der Waals surface area contributed by atoms with Gasteiger partial charge in [-0.2, -0.15) is 0 Å². The van der Waals surface area contributed by atoms with Crippen molar-refractivity contribution < 1.29 is 10.3 Å². The molecule has 8 heteroatoms. The maximum Gasteiger partial charge on any atom is 0.291 e. The molecule has 0 saturated heterocycles. The zero-order valence-corrected chi connectivity index (χ0v) is 12.3. The molecule has 2 rings (SSSR count). The van der Waals surface area contributed by atoms with E-state index in [2.05, 4.69) is 46.3 Å². The summed E-state index contributed by atoms with van der Waals surface area (Å²) in [6, 6.07) is 10.6. The van der Waals surface area contributed by atoms with Crippen LogP contribution < -0.4 is 11.5 Å². The van der Waals surface area contributed by atoms with E-state index in [1.807, 2.05) is 0 Å². The molecular formula is C14H21N5O3. The van der Waals surface area contributed by atoms with Gasteiger partial charge in [0, 0.05) is 19.6 Å². The number of hydrogen-bond donors (Lipinski definition) is 3. The molecule has 22 heavy (non-hydrogen) atoms. The van der Waals surface area contributed by atoms with Gasteiger partial charge in [0.2, 0.25) is 0 Å². The van der Waals surface area contributed by atoms with Gasteiger partial charge < -0.3 is 16.7 Å². The Hall–Kier alpha value is -2.61. The van der Waals surface area contributed by atoms with Crippen molar-refractivity contribution in [3.8, 4) is 0 Å². The first kappa shape index (κ1) is 17.4. The van der Waals surface area contributed by atoms with Gasteiger partial charge in [-0.3, -0.25) is 9.89 Å². The quantitative estimate of drug-likeness (QED) is 0.325. The molecule has 0 fully saturated rings. The molecule has 0 radical (unpaired) electrons. The molecule has 0 bridgehead atoms. The molecule has 120 valence electrons. The van der Waals surface area contributed by atoms with Crippen LogP contribution in [0.25, 0.3) is 5.57 Å². The largest absolute Gasteiger partial charge is 0.370 e. The molecule has 1 aromatic rings. The van der Waals surface area contributed by atoms with Gasteiger partial charge in [-0.15, -0.1) is 10.1 Å². The van der Waals surface area contributed by atoms with Gasteiger partial charge >= 0.3 is 0 Å². The summed E-state index contributed by atoms with van der Waals surface area (Å²) in [6.07, 6.45) is 3.39. The molecule has 0 atom stereocenters. The number of aliphatic imine (C=N–C) groups is 1. The van der Waals surface area contributed by atoms with Crippen LogP contribution in [-0.4, -0.2) is 47.3 Å². The molecular weight excluding hydrogens is 286 g/mol. The Labute approximate surface area is 128 Å². The third-order valence-corrected chi connectivity index (χ3v) is 3.15. The monoisotopic (exact) mass is 307 g/mol. The van der Waals surface area contributed by atoms with Gasteiger partial charge in [0.05, 0.1) is 6.54 Å². The van der Waals surface area contributed by atoms with E-state index in [4.69, 9.17) is 26.8 Å². The van der Waals surface area contributed by atoms with E-state index in [0.717, 1.165) is 26.1 Å². The minimum absolute atomic E-state index is 0.174. The van der Waals surface area contributed by atoms with Crippen molar-refractivity contribution in [1.82, 2.24) is 4.90 Å². The molecule has 1 aliphatic rings. The molecule has 1 aromatic carbocycles. The highest BCUT2D eigenvalue weighted by Crippen LogP contribution is 2.21. The summed E-state index contributed by atoms with van der Waals surface area (Å²) in [5.41, 5.74) is 13.4. The maximum absolute atomic E-state index is 8.36. The summed E-state index contributed by atoms with van der Waals surface area (Å²) in [6.45, 7) is 3.64. The lowest BCUT2D eigenvalue weighted by atomic mass is 10.00. The highest BCUT2D eigenvalue weighted by molar-refractivity contribution is 5.75. The molecule has 5 N–H and O–H groups in total. The first-order chi connectivity index (χ1) is 10.5. The van der Waals surface area contributed by atoms with Crippen LogP contribution in [0.4, 0.5) is 0 Å². The van der Waals surface area contributed by atoms with Crippen LogP contribution >= 0.6 is 0 Å². The molecule has 1 aliphatic heterocycles. The van der Waals surface area contributed by atoms with Crippen molar-refractivity contribution in [2.45, 2.75) is 6.42 Å². The Morgan fingerprint density at radius 1 is 1.36 bits per heavy atom. The summed E-state index contributed by atoms with van der Waals surface area (Å²) in [5, 5.41) is 13.6. The number of hydrogen-bond acceptors (Lipinski definition) is 4. The van der Waals surface area contributed by atoms with Crippen LogP contribution in [-0.2, 0) is 0 Å². The molecule has 0 spiro atoms. The van der Waals surface area contributed by atoms with Gasteiger partial charge in [0.1, 0.15) is 0 Å². The predicted octanol–water partition coefficient (Wildman–Crippen LogP) is 0.701. The smallest absolute Gasteiger partial charge is 0.291 e. The lowest BCUT2D eigenvalue weighted by Gasteiger charge is -2.25. The van der Waals surface area contributed by atoms with Gasteiger partial charge in [-0.25, -0.2) is 0 Å². The van der Waals surface area contributed by atoms with E-state index in [-0.39, 0.29) is 5.96 Å². The van der Waals surface area contributed by atoms with E-state index < -0.39 is 5.09 Å². The number of benzene rings is 1. The van der Waals surface area contributed by atoms with Crippen LogP contribution in [0.15, 0.2) is 41.4 Å². The second-order valence-electron chi connectivity index (χ2n) is 4.69. The molecule has 0 aliphatic carbocycles. The number of nitrogens with zero attached hydrogens (tertiary/aromatic N) is 3. The Balaban J connectivity index is 0.000000541. The van der Waals surface area contributed by atoms with Crippen LogP contribution in [0.5, 0.6) is 0 Å². The zero-order chi connectivity index (χ0) is 16.4. The highest BCUT2D eigenvalue weighted by atomic mass is 16.9. The average molecular weight is 307 g/mol. The molecule has 0 amide bonds. The summed E-state index contributed by atoms with van der Waals surface area (Å²) < 4.78 is 0. The van der Waals surface area contributed by atoms with Crippen molar-refractivity contribution >= 4 is 11.5 Å². The van der Waals surface area contributed by atoms with Gasteiger partial charge in [0.15, 0.2) is 5.96 Å². The summed E-state index contributed by atoms with van der Waals surface area (Å²) in [4.78, 5) is 14.7. The van der Waals surface area contributed by atoms with E-state index in [1.165, 1.54) is 11.1 Å². The third-order valence-electron chi connectivity index (χ3n) is 3.15. The van der Waals surface area contributed by atoms with E-state index in [9.17, 15) is 0 Å². The molecule has 0 unspecified atom stereocenters. The Kier molecular flexibility index (Phi) is 7.41. The fourth-order valence-corrected chi connectivity index (χ4v) is 2.15. The van der Waals surface area contributed by atoms with Crippen molar-refractivity contribution in [2.24, 2.45) is 16.5 Å². The fourth-order valence-electron chi connectivity index (χ4n) is 2.15. The lowest BCUT2D eigenvalue weighted by molar-refractivity contribution is -0.742. The predicted molar refractivity (Wildman–Crippen MR) is 84.9 cm³/mol. The van der Waals surface area contributed by atoms with Crippen LogP contribution in [0.3, 0.4) is 0 Å². The lowest BCUT2D eigenvalue weighted by Crippen LogP contribution is -2.32. The normalized spacial score (nSPS) is 14.3. The van der Waals surface area contributed by atoms with Crippen molar-refractivity contribution in [2.75, 3.05) is 26.2 Å². The number of rotatable bonds is 4. The summed E-state index contributed by atoms with van der Waals surface area (Å²) >= 11 is 0. The Morgan fingerprint density at radius 2 is 2.00 bits per heavy atom. The maximum atomic E-state index is 8.36. The van der Waals surface area contributed by atoms with E-state index >= 15 is 0 Å². The summed E-state index contributed by atoms with van der Waals surface area (Å²) in [7, 11) is 0. The van der Waals surface area contributed by atoms with E-state index in [1.54, 1.807) is 0 Å². The second-order valence-corrected chi connectivity index (χ2v) is 4.69. The number of guanidine groups is 1. The first-order valence-electron chi connectivity index (χ1n) is 6.84. The Morgan fingerprint density at radius 3 is 2.50 bits per heavy atom. The highest BCUT2D eigenvalue weighted by Gasteiger charge is 2.11.